The van der Waals surface area contributed by atoms with E-state index in [2.05, 4.69) is 83.3 Å². The summed E-state index contributed by atoms with van der Waals surface area (Å²) in [5.74, 6) is 1.49. The van der Waals surface area contributed by atoms with Crippen LogP contribution >= 0.6 is 0 Å². The Labute approximate surface area is 342 Å². The molecule has 10 nitrogen and oxygen atoms in total. The number of methoxy groups -OCH3 is 2. The van der Waals surface area contributed by atoms with Gasteiger partial charge in [0.05, 0.1) is 30.9 Å². The summed E-state index contributed by atoms with van der Waals surface area (Å²) < 4.78 is 10.9. The lowest BCUT2D eigenvalue weighted by Gasteiger charge is -2.46. The zero-order chi connectivity index (χ0) is 40.8. The Morgan fingerprint density at radius 2 is 1.31 bits per heavy atom. The normalized spacial score (nSPS) is 26.8. The van der Waals surface area contributed by atoms with Crippen LogP contribution in [0.15, 0.2) is 120 Å². The van der Waals surface area contributed by atoms with Crippen LogP contribution in [0.3, 0.4) is 0 Å². The molecule has 4 aromatic carbocycles. The number of carbonyl (C=O) groups is 2. The fourth-order valence-electron chi connectivity index (χ4n) is 9.73. The van der Waals surface area contributed by atoms with Gasteiger partial charge in [0.1, 0.15) is 18.0 Å². The molecule has 4 aliphatic rings. The predicted molar refractivity (Wildman–Crippen MR) is 226 cm³/mol. The Morgan fingerprint density at radius 1 is 0.724 bits per heavy atom. The number of oxime groups is 2. The quantitative estimate of drug-likeness (QED) is 0.167. The molecular formula is C48H56N4O6. The minimum absolute atomic E-state index is 0.0146. The van der Waals surface area contributed by atoms with Crippen LogP contribution < -0.4 is 15.4 Å². The highest BCUT2D eigenvalue weighted by Crippen LogP contribution is 2.52. The molecule has 58 heavy (non-hydrogen) atoms. The molecule has 6 atom stereocenters. The van der Waals surface area contributed by atoms with Gasteiger partial charge < -0.3 is 29.8 Å². The first-order valence-electron chi connectivity index (χ1n) is 20.5. The van der Waals surface area contributed by atoms with Crippen LogP contribution in [-0.2, 0) is 31.7 Å². The summed E-state index contributed by atoms with van der Waals surface area (Å²) in [5.41, 5.74) is 5.25. The molecule has 2 heterocycles. The van der Waals surface area contributed by atoms with E-state index in [4.69, 9.17) is 19.1 Å². The average Bonchev–Trinajstić information content (AvgIpc) is 3.82. The summed E-state index contributed by atoms with van der Waals surface area (Å²) in [6, 6.07) is 36.1. The summed E-state index contributed by atoms with van der Waals surface area (Å²) in [7, 11) is 3.23. The topological polar surface area (TPSA) is 120 Å². The monoisotopic (exact) mass is 784 g/mol. The second-order valence-corrected chi connectivity index (χ2v) is 16.4. The van der Waals surface area contributed by atoms with Gasteiger partial charge in [-0.25, -0.2) is 0 Å². The molecule has 0 saturated heterocycles. The maximum atomic E-state index is 13.1. The van der Waals surface area contributed by atoms with Crippen LogP contribution in [0.5, 0.6) is 5.75 Å². The van der Waals surface area contributed by atoms with Crippen LogP contribution in [0.1, 0.15) is 96.7 Å². The van der Waals surface area contributed by atoms with Gasteiger partial charge in [-0.3, -0.25) is 9.59 Å². The number of benzene rings is 4. The molecule has 2 N–H and O–H groups in total. The summed E-state index contributed by atoms with van der Waals surface area (Å²) >= 11 is 0. The van der Waals surface area contributed by atoms with E-state index in [0.29, 0.717) is 36.2 Å². The molecule has 2 saturated carbocycles. The van der Waals surface area contributed by atoms with E-state index in [9.17, 15) is 9.59 Å². The fourth-order valence-corrected chi connectivity index (χ4v) is 9.73. The van der Waals surface area contributed by atoms with Crippen molar-refractivity contribution in [3.8, 4) is 5.75 Å². The molecule has 0 radical (unpaired) electrons. The van der Waals surface area contributed by atoms with E-state index in [1.54, 1.807) is 26.4 Å². The van der Waals surface area contributed by atoms with Crippen LogP contribution in [0.4, 0.5) is 0 Å². The molecular weight excluding hydrogens is 729 g/mol. The third-order valence-electron chi connectivity index (χ3n) is 13.0. The van der Waals surface area contributed by atoms with Crippen molar-refractivity contribution in [2.45, 2.75) is 88.8 Å². The molecule has 8 rings (SSSR count). The van der Waals surface area contributed by atoms with E-state index in [1.807, 2.05) is 55.5 Å². The van der Waals surface area contributed by atoms with Crippen LogP contribution in [0, 0.1) is 11.3 Å². The van der Waals surface area contributed by atoms with Crippen molar-refractivity contribution in [3.63, 3.8) is 0 Å². The second-order valence-electron chi connectivity index (χ2n) is 16.4. The molecule has 304 valence electrons. The minimum Gasteiger partial charge on any atom is -0.496 e. The van der Waals surface area contributed by atoms with Gasteiger partial charge >= 0.3 is 0 Å². The predicted octanol–water partition coefficient (Wildman–Crippen LogP) is 8.40. The highest BCUT2D eigenvalue weighted by molar-refractivity contribution is 5.97. The first-order chi connectivity index (χ1) is 28.1. The standard InChI is InChI=1S/C25H30N2O3.C23H26N2O3/c1-4-18-10-8-9-13-20(18)22(28)26-17-25(19-11-6-5-7-12-19)15-14-21-24(2,16-25)23(29-3)27-30-21;1-16-18-12-13-23(14-21(18)28-25-16,17-8-4-3-5-9-17)15-24-22(26)19-10-6-7-11-20(19)27-2/h5-13,21H,4,14-17H2,1-3H3,(H,26,28);3-11,18,21H,12-15H2,1-2H3,(H,24,26)/t21?,24-,25+;18?,21-,23+/m00/s1. The zero-order valence-corrected chi connectivity index (χ0v) is 34.3. The van der Waals surface area contributed by atoms with E-state index in [0.717, 1.165) is 61.8 Å². The number of nitrogens with one attached hydrogen (secondary N) is 2. The molecule has 0 spiro atoms. The highest BCUT2D eigenvalue weighted by atomic mass is 16.7. The Hall–Kier alpha value is -5.64. The van der Waals surface area contributed by atoms with E-state index in [-0.39, 0.29) is 40.3 Å². The Kier molecular flexibility index (Phi) is 12.2. The van der Waals surface area contributed by atoms with E-state index < -0.39 is 0 Å². The highest BCUT2D eigenvalue weighted by Gasteiger charge is 2.56. The summed E-state index contributed by atoms with van der Waals surface area (Å²) in [6.07, 6.45) is 6.35. The van der Waals surface area contributed by atoms with Crippen molar-refractivity contribution in [2.75, 3.05) is 27.3 Å². The molecule has 2 aliphatic heterocycles. The van der Waals surface area contributed by atoms with Gasteiger partial charge in [0.2, 0.25) is 5.90 Å². The van der Waals surface area contributed by atoms with Crippen molar-refractivity contribution in [3.05, 3.63) is 137 Å². The third kappa shape index (κ3) is 8.06. The van der Waals surface area contributed by atoms with Crippen molar-refractivity contribution in [1.29, 1.82) is 0 Å². The lowest BCUT2D eigenvalue weighted by atomic mass is 9.59. The maximum absolute atomic E-state index is 13.1. The van der Waals surface area contributed by atoms with Crippen molar-refractivity contribution < 1.29 is 28.7 Å². The van der Waals surface area contributed by atoms with Gasteiger partial charge in [0.25, 0.3) is 11.8 Å². The van der Waals surface area contributed by atoms with Crippen molar-refractivity contribution >= 4 is 23.4 Å². The maximum Gasteiger partial charge on any atom is 0.255 e. The Balaban J connectivity index is 0.000000177. The molecule has 0 aromatic heterocycles. The van der Waals surface area contributed by atoms with Gasteiger partial charge in [-0.1, -0.05) is 108 Å². The molecule has 10 heteroatoms. The van der Waals surface area contributed by atoms with Gasteiger partial charge in [0.15, 0.2) is 0 Å². The number of aryl methyl sites for hydroxylation is 1. The number of hydrogen-bond donors (Lipinski definition) is 2. The van der Waals surface area contributed by atoms with Crippen molar-refractivity contribution in [2.24, 2.45) is 21.6 Å². The Morgan fingerprint density at radius 3 is 1.98 bits per heavy atom. The number of nitrogens with zero attached hydrogens (tertiary/aromatic N) is 2. The van der Waals surface area contributed by atoms with Gasteiger partial charge in [0, 0.05) is 35.4 Å². The van der Waals surface area contributed by atoms with Gasteiger partial charge in [-0.2, -0.15) is 0 Å². The molecule has 2 fully saturated rings. The largest absolute Gasteiger partial charge is 0.496 e. The summed E-state index contributed by atoms with van der Waals surface area (Å²) in [6.45, 7) is 7.40. The first-order valence-corrected chi connectivity index (χ1v) is 20.5. The van der Waals surface area contributed by atoms with E-state index >= 15 is 0 Å². The van der Waals surface area contributed by atoms with Gasteiger partial charge in [-0.05, 0) is 93.7 Å². The lowest BCUT2D eigenvalue weighted by Crippen LogP contribution is -2.52. The van der Waals surface area contributed by atoms with Gasteiger partial charge in [-0.15, -0.1) is 0 Å². The van der Waals surface area contributed by atoms with Crippen LogP contribution in [-0.4, -0.2) is 62.9 Å². The molecule has 2 unspecified atom stereocenters. The molecule has 2 aliphatic carbocycles. The third-order valence-corrected chi connectivity index (χ3v) is 13.0. The number of fused-ring (bicyclic) bond motifs is 2. The van der Waals surface area contributed by atoms with Crippen LogP contribution in [0.25, 0.3) is 0 Å². The fraction of sp³-hybridized carbons (Fsp3) is 0.417. The second kappa shape index (κ2) is 17.5. The molecule has 2 amide bonds. The zero-order valence-electron chi connectivity index (χ0n) is 34.3. The number of rotatable bonds is 10. The Bertz CT molecular complexity index is 2120. The smallest absolute Gasteiger partial charge is 0.255 e. The van der Waals surface area contributed by atoms with E-state index in [1.165, 1.54) is 11.1 Å². The average molecular weight is 785 g/mol. The van der Waals surface area contributed by atoms with Crippen LogP contribution in [0.2, 0.25) is 0 Å². The first kappa shape index (κ1) is 40.6. The summed E-state index contributed by atoms with van der Waals surface area (Å²) in [4.78, 5) is 37.4. The number of amides is 2. The summed E-state index contributed by atoms with van der Waals surface area (Å²) in [5, 5.41) is 14.8. The number of carbonyl (C=O) groups excluding carboxylic acids is 2. The molecule has 0 bridgehead atoms. The number of hydrogen-bond acceptors (Lipinski definition) is 8. The minimum atomic E-state index is -0.311. The number of para-hydroxylation sites is 1. The molecule has 4 aromatic rings. The lowest BCUT2D eigenvalue weighted by molar-refractivity contribution is -0.0192. The SMILES string of the molecule is CCc1ccccc1C(=O)NC[C@@]1(c2ccccc2)CCC2ON=C(OC)[C@@]2(C)C1.COc1ccccc1C(=O)NC[C@@]1(c2ccccc2)CCC2C(C)=NO[C@H]2C1. The van der Waals surface area contributed by atoms with Crippen molar-refractivity contribution in [1.82, 2.24) is 10.6 Å². The number of ether oxygens (including phenoxy) is 2.